The normalized spacial score (nSPS) is 16.1. The summed E-state index contributed by atoms with van der Waals surface area (Å²) in [5, 5.41) is 29.3. The molecule has 184 valence electrons. The largest absolute Gasteiger partial charge is 0.391 e. The van der Waals surface area contributed by atoms with Crippen molar-refractivity contribution in [1.82, 2.24) is 14.9 Å². The first kappa shape index (κ1) is 26.1. The number of rotatable bonds is 5. The van der Waals surface area contributed by atoms with E-state index in [0.29, 0.717) is 12.0 Å². The number of alkyl halides is 1. The Labute approximate surface area is 203 Å². The molecule has 0 amide bonds. The van der Waals surface area contributed by atoms with Crippen LogP contribution >= 0.6 is 0 Å². The van der Waals surface area contributed by atoms with Crippen molar-refractivity contribution in [3.05, 3.63) is 77.0 Å². The summed E-state index contributed by atoms with van der Waals surface area (Å²) in [5.41, 5.74) is 4.73. The van der Waals surface area contributed by atoms with Gasteiger partial charge in [-0.3, -0.25) is 0 Å². The molecule has 0 bridgehead atoms. The Hall–Kier alpha value is -3.51. The van der Waals surface area contributed by atoms with Crippen molar-refractivity contribution >= 4 is 23.2 Å². The van der Waals surface area contributed by atoms with Crippen molar-refractivity contribution in [2.45, 2.75) is 38.0 Å². The van der Waals surface area contributed by atoms with Crippen molar-refractivity contribution in [2.24, 2.45) is 0 Å². The molecule has 35 heavy (non-hydrogen) atoms. The van der Waals surface area contributed by atoms with Crippen molar-refractivity contribution in [1.29, 1.82) is 0 Å². The molecule has 3 unspecified atom stereocenters. The minimum atomic E-state index is -1.25. The molecule has 0 aliphatic carbocycles. The number of halogens is 2. The summed E-state index contributed by atoms with van der Waals surface area (Å²) in [5.74, 6) is 6.44. The molecule has 2 heterocycles. The van der Waals surface area contributed by atoms with Gasteiger partial charge in [-0.1, -0.05) is 36.6 Å². The Morgan fingerprint density at radius 3 is 2.71 bits per heavy atom. The SMILES string of the molecule is C=Cc1cccc(F)c1C1CC(NC)=Cc2nc3ccc(C#CCC(O)C(C)O)cc3n21.OCF. The van der Waals surface area contributed by atoms with Gasteiger partial charge in [0.1, 0.15) is 11.6 Å². The van der Waals surface area contributed by atoms with Gasteiger partial charge in [0.05, 0.1) is 29.3 Å². The fourth-order valence-corrected chi connectivity index (χ4v) is 4.05. The first-order valence-electron chi connectivity index (χ1n) is 11.2. The highest BCUT2D eigenvalue weighted by atomic mass is 19.1. The van der Waals surface area contributed by atoms with Gasteiger partial charge in [0.25, 0.3) is 0 Å². The zero-order chi connectivity index (χ0) is 25.5. The molecule has 3 atom stereocenters. The topological polar surface area (TPSA) is 90.5 Å². The Kier molecular flexibility index (Phi) is 8.77. The van der Waals surface area contributed by atoms with Gasteiger partial charge in [-0.25, -0.2) is 13.8 Å². The number of hydrogen-bond donors (Lipinski definition) is 4. The predicted octanol–water partition coefficient (Wildman–Crippen LogP) is 3.76. The van der Waals surface area contributed by atoms with Gasteiger partial charge in [0, 0.05) is 42.8 Å². The molecule has 4 rings (SSSR count). The number of allylic oxidation sites excluding steroid dienone is 1. The quantitative estimate of drug-likeness (QED) is 0.417. The van der Waals surface area contributed by atoms with E-state index in [0.717, 1.165) is 33.7 Å². The second kappa shape index (κ2) is 11.8. The Morgan fingerprint density at radius 1 is 1.31 bits per heavy atom. The standard InChI is InChI=1S/C26H26FN3O2.CH3FO/c1-4-18-8-6-9-20(27)26(18)23-14-19(28-3)15-25-29-21-12-11-17(13-22(21)30(23)25)7-5-10-24(32)16(2)31;2-1-3/h4,6,8-9,11-13,15-16,23-24,28,31-32H,1,10,14H2,2-3H3;3H,1H2. The minimum Gasteiger partial charge on any atom is -0.391 e. The number of benzene rings is 2. The second-order valence-electron chi connectivity index (χ2n) is 8.06. The summed E-state index contributed by atoms with van der Waals surface area (Å²) in [6.45, 7) is 4.15. The number of hydrogen-bond acceptors (Lipinski definition) is 5. The minimum absolute atomic E-state index is 0.176. The van der Waals surface area contributed by atoms with Crippen LogP contribution in [0, 0.1) is 17.7 Å². The van der Waals surface area contributed by atoms with Crippen LogP contribution in [0.15, 0.2) is 48.7 Å². The van der Waals surface area contributed by atoms with Gasteiger partial charge in [-0.15, -0.1) is 0 Å². The Morgan fingerprint density at radius 2 is 2.06 bits per heavy atom. The van der Waals surface area contributed by atoms with E-state index in [-0.39, 0.29) is 18.3 Å². The molecule has 8 heteroatoms. The summed E-state index contributed by atoms with van der Waals surface area (Å²) in [6.07, 6.45) is 2.71. The average molecular weight is 482 g/mol. The van der Waals surface area contributed by atoms with Gasteiger partial charge >= 0.3 is 0 Å². The van der Waals surface area contributed by atoms with E-state index < -0.39 is 19.1 Å². The molecule has 1 aliphatic rings. The molecule has 3 aromatic rings. The molecule has 2 aromatic carbocycles. The number of aliphatic hydroxyl groups excluding tert-OH is 3. The van der Waals surface area contributed by atoms with Crippen molar-refractivity contribution in [2.75, 3.05) is 13.9 Å². The van der Waals surface area contributed by atoms with Crippen LogP contribution in [-0.4, -0.2) is 51.0 Å². The molecule has 1 aromatic heterocycles. The molecular formula is C27H29F2N3O3. The highest BCUT2D eigenvalue weighted by Gasteiger charge is 2.28. The number of nitrogens with zero attached hydrogens (tertiary/aromatic N) is 2. The van der Waals surface area contributed by atoms with E-state index in [1.165, 1.54) is 13.0 Å². The number of imidazole rings is 1. The molecule has 6 nitrogen and oxygen atoms in total. The zero-order valence-electron chi connectivity index (χ0n) is 19.7. The first-order chi connectivity index (χ1) is 16.8. The third-order valence-electron chi connectivity index (χ3n) is 5.81. The maximum absolute atomic E-state index is 15.1. The summed E-state index contributed by atoms with van der Waals surface area (Å²) in [6, 6.07) is 10.4. The van der Waals surface area contributed by atoms with Gasteiger partial charge < -0.3 is 25.2 Å². The number of aromatic nitrogens is 2. The zero-order valence-corrected chi connectivity index (χ0v) is 19.7. The molecule has 0 spiro atoms. The van der Waals surface area contributed by atoms with E-state index in [4.69, 9.17) is 10.1 Å². The molecule has 0 saturated heterocycles. The summed E-state index contributed by atoms with van der Waals surface area (Å²) >= 11 is 0. The summed E-state index contributed by atoms with van der Waals surface area (Å²) in [4.78, 5) is 4.76. The maximum atomic E-state index is 15.1. The van der Waals surface area contributed by atoms with E-state index >= 15 is 4.39 Å². The third kappa shape index (κ3) is 5.77. The van der Waals surface area contributed by atoms with Gasteiger partial charge in [0.15, 0.2) is 6.86 Å². The predicted molar refractivity (Wildman–Crippen MR) is 133 cm³/mol. The van der Waals surface area contributed by atoms with Crippen LogP contribution < -0.4 is 5.32 Å². The molecule has 0 radical (unpaired) electrons. The van der Waals surface area contributed by atoms with E-state index in [9.17, 15) is 14.6 Å². The summed E-state index contributed by atoms with van der Waals surface area (Å²) < 4.78 is 27.0. The fraction of sp³-hybridized carbons (Fsp3) is 0.296. The monoisotopic (exact) mass is 481 g/mol. The van der Waals surface area contributed by atoms with Gasteiger partial charge in [-0.05, 0) is 36.8 Å². The number of fused-ring (bicyclic) bond motifs is 3. The van der Waals surface area contributed by atoms with Crippen LogP contribution in [0.25, 0.3) is 23.2 Å². The van der Waals surface area contributed by atoms with Crippen molar-refractivity contribution in [3.63, 3.8) is 0 Å². The van der Waals surface area contributed by atoms with Crippen LogP contribution in [0.5, 0.6) is 0 Å². The molecule has 0 fully saturated rings. The maximum Gasteiger partial charge on any atom is 0.185 e. The van der Waals surface area contributed by atoms with Crippen LogP contribution in [0.2, 0.25) is 0 Å². The lowest BCUT2D eigenvalue weighted by molar-refractivity contribution is 0.0350. The number of nitrogens with one attached hydrogen (secondary N) is 1. The molecular weight excluding hydrogens is 452 g/mol. The fourth-order valence-electron chi connectivity index (χ4n) is 4.05. The highest BCUT2D eigenvalue weighted by Crippen LogP contribution is 2.38. The molecule has 4 N–H and O–H groups in total. The summed E-state index contributed by atoms with van der Waals surface area (Å²) in [7, 11) is 1.85. The Balaban J connectivity index is 0.00000108. The van der Waals surface area contributed by atoms with Crippen molar-refractivity contribution in [3.8, 4) is 11.8 Å². The molecule has 0 saturated carbocycles. The second-order valence-corrected chi connectivity index (χ2v) is 8.06. The smallest absolute Gasteiger partial charge is 0.185 e. The van der Waals surface area contributed by atoms with Crippen molar-refractivity contribution < 1.29 is 24.1 Å². The van der Waals surface area contributed by atoms with Crippen LogP contribution in [0.1, 0.15) is 48.3 Å². The lowest BCUT2D eigenvalue weighted by Crippen LogP contribution is -2.23. The highest BCUT2D eigenvalue weighted by molar-refractivity contribution is 5.81. The van der Waals surface area contributed by atoms with E-state index in [1.54, 1.807) is 12.1 Å². The molecule has 1 aliphatic heterocycles. The lowest BCUT2D eigenvalue weighted by atomic mass is 9.93. The Bertz CT molecular complexity index is 1290. The average Bonchev–Trinajstić information content (AvgIpc) is 3.21. The number of aliphatic hydroxyl groups is 3. The van der Waals surface area contributed by atoms with E-state index in [2.05, 4.69) is 28.3 Å². The van der Waals surface area contributed by atoms with Crippen LogP contribution in [0.3, 0.4) is 0 Å². The van der Waals surface area contributed by atoms with Crippen LogP contribution in [0.4, 0.5) is 8.78 Å². The lowest BCUT2D eigenvalue weighted by Gasteiger charge is -2.28. The van der Waals surface area contributed by atoms with Gasteiger partial charge in [-0.2, -0.15) is 0 Å². The first-order valence-corrected chi connectivity index (χ1v) is 11.2. The third-order valence-corrected chi connectivity index (χ3v) is 5.81. The van der Waals surface area contributed by atoms with E-state index in [1.807, 2.05) is 37.4 Å². The van der Waals surface area contributed by atoms with Gasteiger partial charge in [0.2, 0.25) is 0 Å². The van der Waals surface area contributed by atoms with Crippen LogP contribution in [-0.2, 0) is 0 Å².